The van der Waals surface area contributed by atoms with Crippen molar-refractivity contribution >= 4 is 17.7 Å². The van der Waals surface area contributed by atoms with Gasteiger partial charge in [-0.2, -0.15) is 13.2 Å². The Hall–Kier alpha value is -1.28. The highest BCUT2D eigenvalue weighted by molar-refractivity contribution is 7.99. The molecular formula is C10H8F4O3S. The van der Waals surface area contributed by atoms with Crippen molar-refractivity contribution in [2.24, 2.45) is 0 Å². The molecule has 1 rings (SSSR count). The highest BCUT2D eigenvalue weighted by Crippen LogP contribution is 2.27. The first kappa shape index (κ1) is 14.8. The zero-order chi connectivity index (χ0) is 13.9. The number of benzene rings is 1. The number of aromatic carboxylic acids is 1. The van der Waals surface area contributed by atoms with E-state index in [-0.39, 0.29) is 4.90 Å². The number of thioether (sulfide) groups is 1. The molecule has 3 nitrogen and oxygen atoms in total. The van der Waals surface area contributed by atoms with Gasteiger partial charge in [0.2, 0.25) is 0 Å². The van der Waals surface area contributed by atoms with Gasteiger partial charge in [0.1, 0.15) is 5.82 Å². The van der Waals surface area contributed by atoms with Crippen molar-refractivity contribution in [3.8, 4) is 0 Å². The molecule has 0 aliphatic rings. The van der Waals surface area contributed by atoms with E-state index < -0.39 is 35.4 Å². The largest absolute Gasteiger partial charge is 0.478 e. The minimum atomic E-state index is -4.73. The fourth-order valence-electron chi connectivity index (χ4n) is 1.03. The van der Waals surface area contributed by atoms with Crippen LogP contribution in [0.4, 0.5) is 17.6 Å². The highest BCUT2D eigenvalue weighted by Gasteiger charge is 2.37. The number of carboxylic acids is 1. The summed E-state index contributed by atoms with van der Waals surface area (Å²) < 4.78 is 49.0. The second-order valence-corrected chi connectivity index (χ2v) is 4.41. The molecule has 1 atom stereocenters. The van der Waals surface area contributed by atoms with Crippen LogP contribution >= 0.6 is 11.8 Å². The van der Waals surface area contributed by atoms with Gasteiger partial charge in [-0.3, -0.25) is 0 Å². The van der Waals surface area contributed by atoms with Gasteiger partial charge in [0.25, 0.3) is 0 Å². The van der Waals surface area contributed by atoms with Crippen molar-refractivity contribution in [1.82, 2.24) is 0 Å². The molecule has 0 saturated carbocycles. The Balaban J connectivity index is 2.75. The van der Waals surface area contributed by atoms with E-state index in [1.807, 2.05) is 0 Å². The Morgan fingerprint density at radius 2 is 2.00 bits per heavy atom. The predicted molar refractivity (Wildman–Crippen MR) is 56.1 cm³/mol. The van der Waals surface area contributed by atoms with E-state index in [2.05, 4.69) is 0 Å². The van der Waals surface area contributed by atoms with Crippen molar-refractivity contribution in [2.45, 2.75) is 17.2 Å². The van der Waals surface area contributed by atoms with Gasteiger partial charge in [-0.05, 0) is 18.2 Å². The third-order valence-corrected chi connectivity index (χ3v) is 3.02. The maximum absolute atomic E-state index is 13.0. The normalized spacial score (nSPS) is 13.4. The van der Waals surface area contributed by atoms with Crippen LogP contribution < -0.4 is 0 Å². The Bertz CT molecular complexity index is 447. The van der Waals surface area contributed by atoms with E-state index >= 15 is 0 Å². The molecule has 0 bridgehead atoms. The van der Waals surface area contributed by atoms with Crippen LogP contribution in [0, 0.1) is 5.82 Å². The molecule has 2 N–H and O–H groups in total. The van der Waals surface area contributed by atoms with E-state index in [4.69, 9.17) is 10.2 Å². The molecule has 1 unspecified atom stereocenters. The van der Waals surface area contributed by atoms with Gasteiger partial charge in [0, 0.05) is 10.6 Å². The minimum absolute atomic E-state index is 0.136. The zero-order valence-electron chi connectivity index (χ0n) is 8.74. The van der Waals surface area contributed by atoms with E-state index in [0.29, 0.717) is 11.8 Å². The third kappa shape index (κ3) is 3.88. The first-order valence-corrected chi connectivity index (χ1v) is 5.61. The first-order valence-electron chi connectivity index (χ1n) is 4.62. The molecule has 0 saturated heterocycles. The Kier molecular flexibility index (Phi) is 4.58. The van der Waals surface area contributed by atoms with Crippen LogP contribution in [-0.4, -0.2) is 34.2 Å². The molecule has 8 heteroatoms. The second-order valence-electron chi connectivity index (χ2n) is 3.32. The lowest BCUT2D eigenvalue weighted by molar-refractivity contribution is -0.195. The number of aliphatic hydroxyl groups is 1. The van der Waals surface area contributed by atoms with Gasteiger partial charge in [0.15, 0.2) is 6.10 Å². The van der Waals surface area contributed by atoms with Gasteiger partial charge in [0.05, 0.1) is 5.56 Å². The van der Waals surface area contributed by atoms with Crippen LogP contribution in [0.15, 0.2) is 23.1 Å². The average molecular weight is 284 g/mol. The summed E-state index contributed by atoms with van der Waals surface area (Å²) in [5.41, 5.74) is -0.624. The average Bonchev–Trinajstić information content (AvgIpc) is 2.25. The van der Waals surface area contributed by atoms with Crippen molar-refractivity contribution in [1.29, 1.82) is 0 Å². The molecule has 1 aromatic rings. The number of rotatable bonds is 4. The topological polar surface area (TPSA) is 57.5 Å². The molecular weight excluding hydrogens is 276 g/mol. The molecule has 18 heavy (non-hydrogen) atoms. The van der Waals surface area contributed by atoms with Gasteiger partial charge in [-0.1, -0.05) is 0 Å². The molecule has 0 spiro atoms. The van der Waals surface area contributed by atoms with Crippen LogP contribution in [-0.2, 0) is 0 Å². The van der Waals surface area contributed by atoms with Crippen LogP contribution in [0.1, 0.15) is 10.4 Å². The van der Waals surface area contributed by atoms with Gasteiger partial charge in [-0.25, -0.2) is 9.18 Å². The lowest BCUT2D eigenvalue weighted by atomic mass is 10.2. The molecule has 0 aromatic heterocycles. The standard InChI is InChI=1S/C10H8F4O3S/c11-7-2-1-5(3-6(7)9(16)17)18-4-8(15)10(12,13)14/h1-3,8,15H,4H2,(H,16,17). The summed E-state index contributed by atoms with van der Waals surface area (Å²) >= 11 is 0.596. The number of hydrogen-bond acceptors (Lipinski definition) is 3. The van der Waals surface area contributed by atoms with E-state index in [1.54, 1.807) is 0 Å². The molecule has 0 radical (unpaired) electrons. The van der Waals surface area contributed by atoms with Crippen LogP contribution in [0.3, 0.4) is 0 Å². The monoisotopic (exact) mass is 284 g/mol. The number of carbonyl (C=O) groups is 1. The summed E-state index contributed by atoms with van der Waals surface area (Å²) in [6, 6.07) is 2.92. The smallest absolute Gasteiger partial charge is 0.415 e. The Morgan fingerprint density at radius 3 is 2.50 bits per heavy atom. The second kappa shape index (κ2) is 5.57. The SMILES string of the molecule is O=C(O)c1cc(SCC(O)C(F)(F)F)ccc1F. The maximum Gasteiger partial charge on any atom is 0.415 e. The quantitative estimate of drug-likeness (QED) is 0.659. The van der Waals surface area contributed by atoms with Gasteiger partial charge in [-0.15, -0.1) is 11.8 Å². The minimum Gasteiger partial charge on any atom is -0.478 e. The number of halogens is 4. The fraction of sp³-hybridized carbons (Fsp3) is 0.300. The molecule has 100 valence electrons. The van der Waals surface area contributed by atoms with Crippen LogP contribution in [0.25, 0.3) is 0 Å². The van der Waals surface area contributed by atoms with Crippen molar-refractivity contribution < 1.29 is 32.6 Å². The van der Waals surface area contributed by atoms with Gasteiger partial charge < -0.3 is 10.2 Å². The lowest BCUT2D eigenvalue weighted by Gasteiger charge is -2.13. The van der Waals surface area contributed by atoms with E-state index in [0.717, 1.165) is 18.2 Å². The van der Waals surface area contributed by atoms with Crippen molar-refractivity contribution in [3.63, 3.8) is 0 Å². The summed E-state index contributed by atoms with van der Waals surface area (Å²) in [6.07, 6.45) is -7.25. The third-order valence-electron chi connectivity index (χ3n) is 1.95. The summed E-state index contributed by atoms with van der Waals surface area (Å²) in [5.74, 6) is -3.16. The molecule has 0 fully saturated rings. The first-order chi connectivity index (χ1) is 8.21. The molecule has 0 aliphatic carbocycles. The summed E-state index contributed by atoms with van der Waals surface area (Å²) in [4.78, 5) is 10.7. The Labute approximate surface area is 103 Å². The molecule has 0 aliphatic heterocycles. The van der Waals surface area contributed by atoms with Crippen LogP contribution in [0.2, 0.25) is 0 Å². The molecule has 1 aromatic carbocycles. The number of carboxylic acid groups (broad SMARTS) is 1. The van der Waals surface area contributed by atoms with E-state index in [9.17, 15) is 22.4 Å². The molecule has 0 heterocycles. The van der Waals surface area contributed by atoms with Crippen molar-refractivity contribution in [3.05, 3.63) is 29.6 Å². The molecule has 0 amide bonds. The van der Waals surface area contributed by atoms with E-state index in [1.165, 1.54) is 0 Å². The highest BCUT2D eigenvalue weighted by atomic mass is 32.2. The number of hydrogen-bond donors (Lipinski definition) is 2. The Morgan fingerprint density at radius 1 is 1.39 bits per heavy atom. The van der Waals surface area contributed by atoms with Crippen LogP contribution in [0.5, 0.6) is 0 Å². The predicted octanol–water partition coefficient (Wildman–Crippen LogP) is 2.54. The zero-order valence-corrected chi connectivity index (χ0v) is 9.56. The fourth-order valence-corrected chi connectivity index (χ4v) is 1.93. The van der Waals surface area contributed by atoms with Crippen molar-refractivity contribution in [2.75, 3.05) is 5.75 Å². The summed E-state index contributed by atoms with van der Waals surface area (Å²) in [5, 5.41) is 17.4. The number of aliphatic hydroxyl groups excluding tert-OH is 1. The summed E-state index contributed by atoms with van der Waals surface area (Å²) in [7, 11) is 0. The maximum atomic E-state index is 13.0. The lowest BCUT2D eigenvalue weighted by Crippen LogP contribution is -2.30. The number of alkyl halides is 3. The van der Waals surface area contributed by atoms with Gasteiger partial charge >= 0.3 is 12.1 Å². The summed E-state index contributed by atoms with van der Waals surface area (Å²) in [6.45, 7) is 0.